The van der Waals surface area contributed by atoms with Gasteiger partial charge in [0.1, 0.15) is 0 Å². The summed E-state index contributed by atoms with van der Waals surface area (Å²) < 4.78 is 0.957. The first kappa shape index (κ1) is 15.1. The van der Waals surface area contributed by atoms with Crippen LogP contribution in [0.5, 0.6) is 0 Å². The molecule has 1 heterocycles. The van der Waals surface area contributed by atoms with Crippen molar-refractivity contribution in [2.45, 2.75) is 38.3 Å². The summed E-state index contributed by atoms with van der Waals surface area (Å²) >= 11 is 8.25. The van der Waals surface area contributed by atoms with Gasteiger partial charge in [0.05, 0.1) is 5.02 Å². The molecule has 1 aliphatic heterocycles. The molecule has 1 fully saturated rings. The Kier molecular flexibility index (Phi) is 5.09. The van der Waals surface area contributed by atoms with E-state index in [0.717, 1.165) is 29.4 Å². The van der Waals surface area contributed by atoms with Crippen LogP contribution in [0.3, 0.4) is 0 Å². The molecule has 1 aromatic rings. The van der Waals surface area contributed by atoms with Gasteiger partial charge in [-0.25, -0.2) is 0 Å². The fraction of sp³-hybridized carbons (Fsp3) is 0.500. The molecule has 0 spiro atoms. The quantitative estimate of drug-likeness (QED) is 0.785. The number of carbonyl (C=O) groups excluding carboxylic acids is 1. The molecule has 2 atom stereocenters. The van der Waals surface area contributed by atoms with Gasteiger partial charge in [0.25, 0.3) is 5.91 Å². The van der Waals surface area contributed by atoms with Gasteiger partial charge in [-0.15, -0.1) is 0 Å². The number of hydrogen-bond acceptors (Lipinski definition) is 2. The second-order valence-electron chi connectivity index (χ2n) is 5.05. The van der Waals surface area contributed by atoms with Crippen molar-refractivity contribution in [3.63, 3.8) is 0 Å². The maximum absolute atomic E-state index is 12.6. The van der Waals surface area contributed by atoms with E-state index in [9.17, 15) is 4.79 Å². The summed E-state index contributed by atoms with van der Waals surface area (Å²) in [6, 6.07) is 5.60. The maximum Gasteiger partial charge on any atom is 0.254 e. The fourth-order valence-electron chi connectivity index (χ4n) is 2.55. The summed E-state index contributed by atoms with van der Waals surface area (Å²) in [5.41, 5.74) is 6.66. The van der Waals surface area contributed by atoms with Crippen molar-refractivity contribution in [3.05, 3.63) is 32.4 Å². The van der Waals surface area contributed by atoms with Gasteiger partial charge in [0, 0.05) is 27.8 Å². The number of nitrogens with zero attached hydrogens (tertiary/aromatic N) is 1. The average molecular weight is 393 g/mol. The molecule has 0 radical (unpaired) electrons. The van der Waals surface area contributed by atoms with Gasteiger partial charge < -0.3 is 10.6 Å². The molecule has 0 bridgehead atoms. The van der Waals surface area contributed by atoms with E-state index in [-0.39, 0.29) is 18.0 Å². The highest BCUT2D eigenvalue weighted by Crippen LogP contribution is 2.24. The minimum absolute atomic E-state index is 0.00331. The maximum atomic E-state index is 12.6. The third-order valence-corrected chi connectivity index (χ3v) is 5.16. The Morgan fingerprint density at radius 2 is 2.26 bits per heavy atom. The summed E-state index contributed by atoms with van der Waals surface area (Å²) in [6.07, 6.45) is 3.18. The lowest BCUT2D eigenvalue weighted by Gasteiger charge is -2.38. The lowest BCUT2D eigenvalue weighted by atomic mass is 9.96. The molecule has 1 saturated heterocycles. The van der Waals surface area contributed by atoms with Crippen LogP contribution >= 0.6 is 34.2 Å². The van der Waals surface area contributed by atoms with Gasteiger partial charge in [-0.2, -0.15) is 0 Å². The van der Waals surface area contributed by atoms with E-state index in [1.807, 2.05) is 24.0 Å². The molecular weight excluding hydrogens is 375 g/mol. The zero-order valence-corrected chi connectivity index (χ0v) is 13.8. The molecule has 1 aromatic carbocycles. The van der Waals surface area contributed by atoms with Crippen molar-refractivity contribution in [2.75, 3.05) is 6.54 Å². The highest BCUT2D eigenvalue weighted by Gasteiger charge is 2.29. The summed E-state index contributed by atoms with van der Waals surface area (Å²) in [7, 11) is 0. The van der Waals surface area contributed by atoms with Crippen LogP contribution in [0.25, 0.3) is 0 Å². The molecule has 5 heteroatoms. The van der Waals surface area contributed by atoms with Gasteiger partial charge >= 0.3 is 0 Å². The van der Waals surface area contributed by atoms with E-state index < -0.39 is 0 Å². The smallest absolute Gasteiger partial charge is 0.254 e. The monoisotopic (exact) mass is 392 g/mol. The van der Waals surface area contributed by atoms with Crippen LogP contribution in [0.4, 0.5) is 0 Å². The number of rotatable bonds is 2. The standard InChI is InChI=1S/C14H18ClIN2O/c1-9(17)13-4-2-3-7-18(13)14(19)10-5-6-12(16)11(15)8-10/h5-6,8-9,13H,2-4,7,17H2,1H3. The Bertz CT molecular complexity index is 479. The zero-order valence-electron chi connectivity index (χ0n) is 10.9. The Morgan fingerprint density at radius 3 is 2.89 bits per heavy atom. The number of halogens is 2. The lowest BCUT2D eigenvalue weighted by Crippen LogP contribution is -2.51. The van der Waals surface area contributed by atoms with Crippen LogP contribution < -0.4 is 5.73 Å². The van der Waals surface area contributed by atoms with Crippen LogP contribution in [0.15, 0.2) is 18.2 Å². The number of carbonyl (C=O) groups is 1. The molecule has 2 N–H and O–H groups in total. The molecular formula is C14H18ClIN2O. The number of amides is 1. The molecule has 2 rings (SSSR count). The van der Waals surface area contributed by atoms with Crippen LogP contribution in [0.1, 0.15) is 36.5 Å². The second-order valence-corrected chi connectivity index (χ2v) is 6.62. The van der Waals surface area contributed by atoms with Gasteiger partial charge in [-0.3, -0.25) is 4.79 Å². The van der Waals surface area contributed by atoms with Crippen molar-refractivity contribution in [3.8, 4) is 0 Å². The van der Waals surface area contributed by atoms with E-state index in [1.54, 1.807) is 6.07 Å². The van der Waals surface area contributed by atoms with Crippen LogP contribution in [-0.4, -0.2) is 29.4 Å². The molecule has 1 amide bonds. The van der Waals surface area contributed by atoms with Gasteiger partial charge in [-0.1, -0.05) is 11.6 Å². The minimum Gasteiger partial charge on any atom is -0.334 e. The average Bonchev–Trinajstić information content (AvgIpc) is 2.41. The van der Waals surface area contributed by atoms with Crippen molar-refractivity contribution >= 4 is 40.1 Å². The second kappa shape index (κ2) is 6.41. The highest BCUT2D eigenvalue weighted by atomic mass is 127. The first-order valence-electron chi connectivity index (χ1n) is 6.52. The predicted octanol–water partition coefficient (Wildman–Crippen LogP) is 3.29. The van der Waals surface area contributed by atoms with Crippen molar-refractivity contribution in [1.29, 1.82) is 0 Å². The highest BCUT2D eigenvalue weighted by molar-refractivity contribution is 14.1. The van der Waals surface area contributed by atoms with E-state index in [4.69, 9.17) is 17.3 Å². The summed E-state index contributed by atoms with van der Waals surface area (Å²) in [5.74, 6) is 0.0419. The number of hydrogen-bond donors (Lipinski definition) is 1. The van der Waals surface area contributed by atoms with E-state index >= 15 is 0 Å². The molecule has 0 aliphatic carbocycles. The van der Waals surface area contributed by atoms with Crippen LogP contribution in [0.2, 0.25) is 5.02 Å². The Labute approximate surface area is 132 Å². The van der Waals surface area contributed by atoms with E-state index in [1.165, 1.54) is 0 Å². The Hall–Kier alpha value is -0.330. The van der Waals surface area contributed by atoms with Crippen molar-refractivity contribution in [2.24, 2.45) is 5.73 Å². The molecule has 3 nitrogen and oxygen atoms in total. The first-order valence-corrected chi connectivity index (χ1v) is 7.98. The van der Waals surface area contributed by atoms with Crippen molar-refractivity contribution in [1.82, 2.24) is 4.90 Å². The Balaban J connectivity index is 2.23. The SMILES string of the molecule is CC(N)C1CCCCN1C(=O)c1ccc(I)c(Cl)c1. The third-order valence-electron chi connectivity index (χ3n) is 3.58. The van der Waals surface area contributed by atoms with Crippen LogP contribution in [0, 0.1) is 3.57 Å². The van der Waals surface area contributed by atoms with Gasteiger partial charge in [-0.05, 0) is 67.0 Å². The zero-order chi connectivity index (χ0) is 14.0. The predicted molar refractivity (Wildman–Crippen MR) is 86.5 cm³/mol. The normalized spacial score (nSPS) is 21.3. The van der Waals surface area contributed by atoms with E-state index in [2.05, 4.69) is 22.6 Å². The van der Waals surface area contributed by atoms with Gasteiger partial charge in [0.15, 0.2) is 0 Å². The number of likely N-dealkylation sites (tertiary alicyclic amines) is 1. The summed E-state index contributed by atoms with van der Waals surface area (Å²) in [5, 5.41) is 0.626. The third kappa shape index (κ3) is 3.41. The van der Waals surface area contributed by atoms with Gasteiger partial charge in [0.2, 0.25) is 0 Å². The van der Waals surface area contributed by atoms with Crippen molar-refractivity contribution < 1.29 is 4.79 Å². The number of benzene rings is 1. The largest absolute Gasteiger partial charge is 0.334 e. The molecule has 0 saturated carbocycles. The lowest BCUT2D eigenvalue weighted by molar-refractivity contribution is 0.0584. The molecule has 104 valence electrons. The molecule has 0 aromatic heterocycles. The van der Waals surface area contributed by atoms with Crippen LogP contribution in [-0.2, 0) is 0 Å². The Morgan fingerprint density at radius 1 is 1.53 bits per heavy atom. The first-order chi connectivity index (χ1) is 9.00. The number of nitrogens with two attached hydrogens (primary N) is 1. The molecule has 19 heavy (non-hydrogen) atoms. The fourth-order valence-corrected chi connectivity index (χ4v) is 3.07. The summed E-state index contributed by atoms with van der Waals surface area (Å²) in [6.45, 7) is 2.76. The summed E-state index contributed by atoms with van der Waals surface area (Å²) in [4.78, 5) is 14.5. The van der Waals surface area contributed by atoms with E-state index in [0.29, 0.717) is 10.6 Å². The molecule has 2 unspecified atom stereocenters. The number of piperidine rings is 1. The minimum atomic E-state index is 0.00331. The topological polar surface area (TPSA) is 46.3 Å². The molecule has 1 aliphatic rings.